The van der Waals surface area contributed by atoms with Gasteiger partial charge in [-0.2, -0.15) is 5.10 Å². The van der Waals surface area contributed by atoms with Crippen LogP contribution in [-0.4, -0.2) is 23.2 Å². The molecule has 26 heavy (non-hydrogen) atoms. The average molecular weight is 368 g/mol. The van der Waals surface area contributed by atoms with Crippen LogP contribution in [0.25, 0.3) is 17.1 Å². The molecule has 0 amide bonds. The van der Waals surface area contributed by atoms with E-state index in [4.69, 9.17) is 0 Å². The SMILES string of the molecule is CC(C)n1ncc2cc(NS(=O)(=O)C3=Cc4ccccc4CC3)cnc21. The van der Waals surface area contributed by atoms with Crippen molar-refractivity contribution in [3.63, 3.8) is 0 Å². The van der Waals surface area contributed by atoms with Crippen LogP contribution in [0.5, 0.6) is 0 Å². The van der Waals surface area contributed by atoms with Crippen LogP contribution in [-0.2, 0) is 16.4 Å². The average Bonchev–Trinajstić information content (AvgIpc) is 3.04. The number of aryl methyl sites for hydroxylation is 1. The molecule has 134 valence electrons. The third kappa shape index (κ3) is 2.99. The fourth-order valence-corrected chi connectivity index (χ4v) is 4.42. The highest BCUT2D eigenvalue weighted by molar-refractivity contribution is 7.96. The number of aromatic nitrogens is 3. The van der Waals surface area contributed by atoms with Gasteiger partial charge in [0.1, 0.15) is 0 Å². The zero-order valence-corrected chi connectivity index (χ0v) is 15.5. The number of nitrogens with zero attached hydrogens (tertiary/aromatic N) is 3. The Morgan fingerprint density at radius 2 is 1.96 bits per heavy atom. The molecule has 0 atom stereocenters. The van der Waals surface area contributed by atoms with E-state index in [-0.39, 0.29) is 6.04 Å². The van der Waals surface area contributed by atoms with Gasteiger partial charge in [-0.1, -0.05) is 24.3 Å². The van der Waals surface area contributed by atoms with E-state index in [1.807, 2.05) is 42.8 Å². The minimum atomic E-state index is -3.61. The molecule has 0 aliphatic heterocycles. The summed E-state index contributed by atoms with van der Waals surface area (Å²) in [7, 11) is -3.61. The highest BCUT2D eigenvalue weighted by atomic mass is 32.2. The second kappa shape index (κ2) is 6.25. The molecule has 1 aliphatic carbocycles. The zero-order chi connectivity index (χ0) is 18.3. The topological polar surface area (TPSA) is 76.9 Å². The molecule has 2 heterocycles. The lowest BCUT2D eigenvalue weighted by Gasteiger charge is -2.17. The first-order valence-corrected chi connectivity index (χ1v) is 10.1. The second-order valence-electron chi connectivity index (χ2n) is 6.73. The van der Waals surface area contributed by atoms with Crippen molar-refractivity contribution < 1.29 is 8.42 Å². The predicted molar refractivity (Wildman–Crippen MR) is 103 cm³/mol. The van der Waals surface area contributed by atoms with E-state index in [2.05, 4.69) is 14.8 Å². The standard InChI is InChI=1S/C19H20N4O2S/c1-13(2)23-19-16(11-21-23)9-17(12-20-19)22-26(24,25)18-8-7-14-5-3-4-6-15(14)10-18/h3-6,9-13,22H,7-8H2,1-2H3. The smallest absolute Gasteiger partial charge is 0.258 e. The molecule has 0 spiro atoms. The highest BCUT2D eigenvalue weighted by Crippen LogP contribution is 2.28. The van der Waals surface area contributed by atoms with Gasteiger partial charge in [0.25, 0.3) is 10.0 Å². The Morgan fingerprint density at radius 3 is 2.77 bits per heavy atom. The van der Waals surface area contributed by atoms with Gasteiger partial charge in [0.2, 0.25) is 0 Å². The Bertz CT molecular complexity index is 1110. The lowest BCUT2D eigenvalue weighted by atomic mass is 9.98. The van der Waals surface area contributed by atoms with Crippen LogP contribution in [0.3, 0.4) is 0 Å². The van der Waals surface area contributed by atoms with Crippen molar-refractivity contribution in [2.24, 2.45) is 0 Å². The van der Waals surface area contributed by atoms with Crippen LogP contribution >= 0.6 is 0 Å². The molecule has 0 fully saturated rings. The fourth-order valence-electron chi connectivity index (χ4n) is 3.21. The molecule has 1 aromatic carbocycles. The third-order valence-corrected chi connectivity index (χ3v) is 6.05. The quantitative estimate of drug-likeness (QED) is 0.761. The Labute approximate surface area is 152 Å². The van der Waals surface area contributed by atoms with E-state index in [0.29, 0.717) is 17.0 Å². The summed E-state index contributed by atoms with van der Waals surface area (Å²) in [6.07, 6.45) is 6.21. The summed E-state index contributed by atoms with van der Waals surface area (Å²) >= 11 is 0. The van der Waals surface area contributed by atoms with Gasteiger partial charge in [-0.15, -0.1) is 0 Å². The predicted octanol–water partition coefficient (Wildman–Crippen LogP) is 3.74. The van der Waals surface area contributed by atoms with Gasteiger partial charge in [0.05, 0.1) is 23.0 Å². The Hall–Kier alpha value is -2.67. The molecule has 0 radical (unpaired) electrons. The van der Waals surface area contributed by atoms with Crippen LogP contribution in [0, 0.1) is 0 Å². The van der Waals surface area contributed by atoms with Crippen molar-refractivity contribution in [2.45, 2.75) is 32.7 Å². The van der Waals surface area contributed by atoms with Crippen molar-refractivity contribution in [3.8, 4) is 0 Å². The zero-order valence-electron chi connectivity index (χ0n) is 14.7. The van der Waals surface area contributed by atoms with Crippen LogP contribution < -0.4 is 4.72 Å². The Balaban J connectivity index is 1.64. The normalized spacial score (nSPS) is 14.3. The van der Waals surface area contributed by atoms with Gasteiger partial charge < -0.3 is 0 Å². The van der Waals surface area contributed by atoms with E-state index < -0.39 is 10.0 Å². The van der Waals surface area contributed by atoms with Crippen LogP contribution in [0.2, 0.25) is 0 Å². The molecular weight excluding hydrogens is 348 g/mol. The van der Waals surface area contributed by atoms with E-state index in [1.54, 1.807) is 18.3 Å². The molecule has 6 nitrogen and oxygen atoms in total. The molecule has 1 N–H and O–H groups in total. The fraction of sp³-hybridized carbons (Fsp3) is 0.263. The van der Waals surface area contributed by atoms with E-state index >= 15 is 0 Å². The maximum Gasteiger partial charge on any atom is 0.258 e. The molecule has 0 saturated carbocycles. The number of rotatable bonds is 4. The molecular formula is C19H20N4O2S. The molecule has 2 aromatic heterocycles. The molecule has 0 bridgehead atoms. The summed E-state index contributed by atoms with van der Waals surface area (Å²) < 4.78 is 30.0. The molecule has 3 aromatic rings. The number of nitrogens with one attached hydrogen (secondary N) is 1. The number of hydrogen-bond donors (Lipinski definition) is 1. The van der Waals surface area contributed by atoms with Gasteiger partial charge in [-0.25, -0.2) is 18.1 Å². The van der Waals surface area contributed by atoms with Gasteiger partial charge in [-0.3, -0.25) is 4.72 Å². The molecule has 4 rings (SSSR count). The number of benzene rings is 1. The number of anilines is 1. The first-order valence-electron chi connectivity index (χ1n) is 8.58. The van der Waals surface area contributed by atoms with Crippen molar-refractivity contribution in [2.75, 3.05) is 4.72 Å². The van der Waals surface area contributed by atoms with Gasteiger partial charge in [0.15, 0.2) is 5.65 Å². The monoisotopic (exact) mass is 368 g/mol. The molecule has 1 aliphatic rings. The summed E-state index contributed by atoms with van der Waals surface area (Å²) in [5.74, 6) is 0. The first kappa shape index (κ1) is 16.8. The summed E-state index contributed by atoms with van der Waals surface area (Å²) in [5, 5.41) is 5.12. The van der Waals surface area contributed by atoms with E-state index in [0.717, 1.165) is 23.0 Å². The van der Waals surface area contributed by atoms with E-state index in [1.165, 1.54) is 11.8 Å². The number of hydrogen-bond acceptors (Lipinski definition) is 4. The van der Waals surface area contributed by atoms with Gasteiger partial charge >= 0.3 is 0 Å². The molecule has 0 saturated heterocycles. The van der Waals surface area contributed by atoms with Crippen LogP contribution in [0.15, 0.2) is 47.6 Å². The minimum Gasteiger partial charge on any atom is -0.278 e. The van der Waals surface area contributed by atoms with E-state index in [9.17, 15) is 8.42 Å². The lowest BCUT2D eigenvalue weighted by molar-refractivity contribution is 0.546. The number of allylic oxidation sites excluding steroid dienone is 1. The lowest BCUT2D eigenvalue weighted by Crippen LogP contribution is -2.17. The van der Waals surface area contributed by atoms with Crippen molar-refractivity contribution in [3.05, 3.63) is 58.8 Å². The van der Waals surface area contributed by atoms with Crippen LogP contribution in [0.1, 0.15) is 37.4 Å². The number of pyridine rings is 1. The number of sulfonamides is 1. The molecule has 7 heteroatoms. The Kier molecular flexibility index (Phi) is 4.03. The summed E-state index contributed by atoms with van der Waals surface area (Å²) in [4.78, 5) is 4.78. The Morgan fingerprint density at radius 1 is 1.15 bits per heavy atom. The van der Waals surface area contributed by atoms with Crippen molar-refractivity contribution in [1.29, 1.82) is 0 Å². The van der Waals surface area contributed by atoms with Gasteiger partial charge in [0, 0.05) is 11.4 Å². The maximum absolute atomic E-state index is 12.8. The number of fused-ring (bicyclic) bond motifs is 2. The highest BCUT2D eigenvalue weighted by Gasteiger charge is 2.22. The summed E-state index contributed by atoms with van der Waals surface area (Å²) in [6, 6.07) is 9.83. The van der Waals surface area contributed by atoms with Crippen molar-refractivity contribution >= 4 is 32.8 Å². The van der Waals surface area contributed by atoms with Crippen molar-refractivity contribution in [1.82, 2.24) is 14.8 Å². The first-order chi connectivity index (χ1) is 12.4. The maximum atomic E-state index is 12.8. The largest absolute Gasteiger partial charge is 0.278 e. The minimum absolute atomic E-state index is 0.190. The summed E-state index contributed by atoms with van der Waals surface area (Å²) in [6.45, 7) is 4.05. The summed E-state index contributed by atoms with van der Waals surface area (Å²) in [5.41, 5.74) is 3.33. The van der Waals surface area contributed by atoms with Crippen LogP contribution in [0.4, 0.5) is 5.69 Å². The third-order valence-electron chi connectivity index (χ3n) is 4.53. The second-order valence-corrected chi connectivity index (χ2v) is 8.47. The van der Waals surface area contributed by atoms with Gasteiger partial charge in [-0.05, 0) is 50.0 Å². The molecule has 0 unspecified atom stereocenters.